The summed E-state index contributed by atoms with van der Waals surface area (Å²) >= 11 is 1.69. The lowest BCUT2D eigenvalue weighted by Gasteiger charge is -2.09. The summed E-state index contributed by atoms with van der Waals surface area (Å²) in [5, 5.41) is 11.0. The number of nitrogens with zero attached hydrogens (tertiary/aromatic N) is 4. The van der Waals surface area contributed by atoms with Crippen molar-refractivity contribution in [2.75, 3.05) is 12.4 Å². The molecule has 0 fully saturated rings. The maximum absolute atomic E-state index is 5.20. The standard InChI is InChI=1S/C19H19N5OS/c1-25-12-15-10-18(24-17(22-15)7-8-21-24)20-11-16-13-26-19(23-16)9-14-5-3-2-4-6-14/h2-8,10,13,20H,9,11-12H2,1H3. The number of rotatable bonds is 7. The van der Waals surface area contributed by atoms with Crippen molar-refractivity contribution in [3.63, 3.8) is 0 Å². The van der Waals surface area contributed by atoms with Crippen LogP contribution in [-0.2, 0) is 24.3 Å². The Morgan fingerprint density at radius 2 is 2.00 bits per heavy atom. The van der Waals surface area contributed by atoms with Crippen LogP contribution in [0.15, 0.2) is 54.0 Å². The molecule has 0 bridgehead atoms. The van der Waals surface area contributed by atoms with Crippen LogP contribution in [0.5, 0.6) is 0 Å². The second-order valence-corrected chi connectivity index (χ2v) is 6.86. The Morgan fingerprint density at radius 1 is 1.12 bits per heavy atom. The third kappa shape index (κ3) is 3.74. The van der Waals surface area contributed by atoms with Gasteiger partial charge in [-0.15, -0.1) is 11.3 Å². The van der Waals surface area contributed by atoms with Gasteiger partial charge >= 0.3 is 0 Å². The average Bonchev–Trinajstić information content (AvgIpc) is 3.30. The quantitative estimate of drug-likeness (QED) is 0.543. The van der Waals surface area contributed by atoms with E-state index in [4.69, 9.17) is 9.72 Å². The molecule has 3 heterocycles. The van der Waals surface area contributed by atoms with Gasteiger partial charge in [0.05, 0.1) is 35.7 Å². The first-order valence-corrected chi connectivity index (χ1v) is 9.23. The van der Waals surface area contributed by atoms with Gasteiger partial charge in [0.1, 0.15) is 5.82 Å². The molecule has 1 N–H and O–H groups in total. The van der Waals surface area contributed by atoms with Crippen molar-refractivity contribution in [1.29, 1.82) is 0 Å². The zero-order chi connectivity index (χ0) is 17.8. The lowest BCUT2D eigenvalue weighted by molar-refractivity contribution is 0.181. The van der Waals surface area contributed by atoms with Gasteiger partial charge in [-0.1, -0.05) is 30.3 Å². The number of thiazole rings is 1. The number of ether oxygens (including phenoxy) is 1. The molecule has 0 aliphatic carbocycles. The molecule has 4 rings (SSSR count). The van der Waals surface area contributed by atoms with Gasteiger partial charge in [0.2, 0.25) is 0 Å². The van der Waals surface area contributed by atoms with E-state index in [0.29, 0.717) is 13.2 Å². The SMILES string of the molecule is COCc1cc(NCc2csc(Cc3ccccc3)n2)n2nccc2n1. The van der Waals surface area contributed by atoms with Gasteiger partial charge in [0, 0.05) is 31.0 Å². The summed E-state index contributed by atoms with van der Waals surface area (Å²) in [5.74, 6) is 0.879. The molecule has 0 amide bonds. The molecular formula is C19H19N5OS. The van der Waals surface area contributed by atoms with Crippen molar-refractivity contribution in [3.8, 4) is 0 Å². The lowest BCUT2D eigenvalue weighted by Crippen LogP contribution is -2.08. The molecule has 26 heavy (non-hydrogen) atoms. The van der Waals surface area contributed by atoms with Crippen molar-refractivity contribution < 1.29 is 4.74 Å². The van der Waals surface area contributed by atoms with Crippen LogP contribution in [0.2, 0.25) is 0 Å². The first-order chi connectivity index (χ1) is 12.8. The fraction of sp³-hybridized carbons (Fsp3) is 0.211. The number of benzene rings is 1. The Hall–Kier alpha value is -2.77. The molecule has 0 saturated heterocycles. The van der Waals surface area contributed by atoms with Crippen LogP contribution in [0, 0.1) is 0 Å². The highest BCUT2D eigenvalue weighted by Gasteiger charge is 2.08. The van der Waals surface area contributed by atoms with Crippen molar-refractivity contribution in [2.24, 2.45) is 0 Å². The monoisotopic (exact) mass is 365 g/mol. The zero-order valence-corrected chi connectivity index (χ0v) is 15.2. The van der Waals surface area contributed by atoms with Gasteiger partial charge in [-0.2, -0.15) is 9.61 Å². The van der Waals surface area contributed by atoms with Gasteiger partial charge in [0.25, 0.3) is 0 Å². The highest BCUT2D eigenvalue weighted by atomic mass is 32.1. The van der Waals surface area contributed by atoms with Crippen LogP contribution in [0.25, 0.3) is 5.65 Å². The second kappa shape index (κ2) is 7.63. The van der Waals surface area contributed by atoms with Gasteiger partial charge in [-0.3, -0.25) is 0 Å². The molecule has 0 aliphatic heterocycles. The molecule has 0 atom stereocenters. The minimum Gasteiger partial charge on any atom is -0.378 e. The molecular weight excluding hydrogens is 346 g/mol. The minimum atomic E-state index is 0.467. The van der Waals surface area contributed by atoms with E-state index in [9.17, 15) is 0 Å². The van der Waals surface area contributed by atoms with Gasteiger partial charge in [0.15, 0.2) is 5.65 Å². The third-order valence-electron chi connectivity index (χ3n) is 3.95. The number of nitrogens with one attached hydrogen (secondary N) is 1. The number of methoxy groups -OCH3 is 1. The summed E-state index contributed by atoms with van der Waals surface area (Å²) in [5.41, 5.74) is 3.96. The summed E-state index contributed by atoms with van der Waals surface area (Å²) in [6.45, 7) is 1.10. The van der Waals surface area contributed by atoms with Crippen LogP contribution in [-0.4, -0.2) is 26.7 Å². The van der Waals surface area contributed by atoms with Crippen LogP contribution < -0.4 is 5.32 Å². The average molecular weight is 365 g/mol. The Morgan fingerprint density at radius 3 is 2.85 bits per heavy atom. The molecule has 0 radical (unpaired) electrons. The van der Waals surface area contributed by atoms with Crippen LogP contribution >= 0.6 is 11.3 Å². The second-order valence-electron chi connectivity index (χ2n) is 5.92. The Labute approximate surface area is 155 Å². The molecule has 4 aromatic rings. The number of aromatic nitrogens is 4. The van der Waals surface area contributed by atoms with E-state index in [0.717, 1.165) is 34.3 Å². The lowest BCUT2D eigenvalue weighted by atomic mass is 10.2. The third-order valence-corrected chi connectivity index (χ3v) is 4.85. The summed E-state index contributed by atoms with van der Waals surface area (Å²) < 4.78 is 6.99. The Kier molecular flexibility index (Phi) is 4.90. The molecule has 0 aliphatic rings. The molecule has 0 unspecified atom stereocenters. The number of hydrogen-bond acceptors (Lipinski definition) is 6. The summed E-state index contributed by atoms with van der Waals surface area (Å²) in [4.78, 5) is 9.25. The van der Waals surface area contributed by atoms with Crippen LogP contribution in [0.3, 0.4) is 0 Å². The van der Waals surface area contributed by atoms with Gasteiger partial charge in [-0.05, 0) is 5.56 Å². The molecule has 6 nitrogen and oxygen atoms in total. The molecule has 132 valence electrons. The predicted octanol–water partition coefficient (Wildman–Crippen LogP) is 3.54. The van der Waals surface area contributed by atoms with Crippen molar-refractivity contribution in [2.45, 2.75) is 19.6 Å². The molecule has 7 heteroatoms. The van der Waals surface area contributed by atoms with Crippen LogP contribution in [0.1, 0.15) is 22.0 Å². The predicted molar refractivity (Wildman–Crippen MR) is 102 cm³/mol. The molecule has 1 aromatic carbocycles. The minimum absolute atomic E-state index is 0.467. The first-order valence-electron chi connectivity index (χ1n) is 8.35. The van der Waals surface area contributed by atoms with Crippen molar-refractivity contribution in [3.05, 3.63) is 76.0 Å². The summed E-state index contributed by atoms with van der Waals surface area (Å²) in [6, 6.07) is 14.2. The largest absolute Gasteiger partial charge is 0.378 e. The van der Waals surface area contributed by atoms with E-state index in [1.54, 1.807) is 29.2 Å². The Balaban J connectivity index is 1.47. The van der Waals surface area contributed by atoms with E-state index < -0.39 is 0 Å². The maximum atomic E-state index is 5.20. The molecule has 3 aromatic heterocycles. The topological polar surface area (TPSA) is 64.3 Å². The van der Waals surface area contributed by atoms with E-state index in [1.807, 2.05) is 18.2 Å². The highest BCUT2D eigenvalue weighted by molar-refractivity contribution is 7.09. The van der Waals surface area contributed by atoms with E-state index in [2.05, 4.69) is 45.0 Å². The normalized spacial score (nSPS) is 11.1. The summed E-state index contributed by atoms with van der Waals surface area (Å²) in [6.07, 6.45) is 2.60. The number of anilines is 1. The first kappa shape index (κ1) is 16.7. The maximum Gasteiger partial charge on any atom is 0.157 e. The summed E-state index contributed by atoms with van der Waals surface area (Å²) in [7, 11) is 1.67. The highest BCUT2D eigenvalue weighted by Crippen LogP contribution is 2.17. The van der Waals surface area contributed by atoms with Crippen molar-refractivity contribution >= 4 is 22.8 Å². The van der Waals surface area contributed by atoms with E-state index in [-0.39, 0.29) is 0 Å². The van der Waals surface area contributed by atoms with E-state index in [1.165, 1.54) is 5.56 Å². The van der Waals surface area contributed by atoms with Gasteiger partial charge in [-0.25, -0.2) is 9.97 Å². The molecule has 0 spiro atoms. The molecule has 0 saturated carbocycles. The van der Waals surface area contributed by atoms with Crippen molar-refractivity contribution in [1.82, 2.24) is 19.6 Å². The van der Waals surface area contributed by atoms with E-state index >= 15 is 0 Å². The fourth-order valence-electron chi connectivity index (χ4n) is 2.78. The zero-order valence-electron chi connectivity index (χ0n) is 14.4. The number of fused-ring (bicyclic) bond motifs is 1. The smallest absolute Gasteiger partial charge is 0.157 e. The Bertz CT molecular complexity index is 996. The fourth-order valence-corrected chi connectivity index (χ4v) is 3.60. The number of hydrogen-bond donors (Lipinski definition) is 1. The van der Waals surface area contributed by atoms with Crippen LogP contribution in [0.4, 0.5) is 5.82 Å². The van der Waals surface area contributed by atoms with Gasteiger partial charge < -0.3 is 10.1 Å².